The smallest absolute Gasteiger partial charge is 0.218 e. The van der Waals surface area contributed by atoms with E-state index in [0.717, 1.165) is 0 Å². The van der Waals surface area contributed by atoms with Crippen molar-refractivity contribution in [3.8, 4) is 0 Å². The molecule has 0 spiro atoms. The van der Waals surface area contributed by atoms with Crippen molar-refractivity contribution in [2.75, 3.05) is 0 Å². The Labute approximate surface area is 75.8 Å². The molecule has 0 saturated carbocycles. The van der Waals surface area contributed by atoms with Crippen LogP contribution in [0.1, 0.15) is 11.7 Å². The van der Waals surface area contributed by atoms with Gasteiger partial charge in [-0.2, -0.15) is 13.2 Å². The minimum atomic E-state index is -5.00. The van der Waals surface area contributed by atoms with Gasteiger partial charge in [-0.05, 0) is 17.7 Å². The lowest BCUT2D eigenvalue weighted by molar-refractivity contribution is -0.225. The Balaban J connectivity index is 3.03. The summed E-state index contributed by atoms with van der Waals surface area (Å²) in [5.74, 6) is -2.75. The predicted octanol–water partition coefficient (Wildman–Crippen LogP) is 3.00. The molecule has 1 radical (unpaired) electrons. The van der Waals surface area contributed by atoms with Crippen LogP contribution in [0.25, 0.3) is 0 Å². The fourth-order valence-corrected chi connectivity index (χ4v) is 0.864. The molecule has 14 heavy (non-hydrogen) atoms. The monoisotopic (exact) mass is 211 g/mol. The zero-order valence-corrected chi connectivity index (χ0v) is 6.61. The molecule has 0 aliphatic rings. The molecule has 0 N–H and O–H groups in total. The lowest BCUT2D eigenvalue weighted by Crippen LogP contribution is -2.19. The third kappa shape index (κ3) is 2.20. The Hall–Kier alpha value is -1.17. The van der Waals surface area contributed by atoms with E-state index in [2.05, 4.69) is 0 Å². The molecule has 0 fully saturated rings. The van der Waals surface area contributed by atoms with Gasteiger partial charge in [-0.15, -0.1) is 0 Å². The van der Waals surface area contributed by atoms with Gasteiger partial charge in [-0.1, -0.05) is 6.07 Å². The van der Waals surface area contributed by atoms with E-state index in [4.69, 9.17) is 0 Å². The zero-order valence-electron chi connectivity index (χ0n) is 6.61. The van der Waals surface area contributed by atoms with Gasteiger partial charge < -0.3 is 0 Å². The molecular weight excluding hydrogens is 207 g/mol. The van der Waals surface area contributed by atoms with Gasteiger partial charge in [0.15, 0.2) is 11.6 Å². The van der Waals surface area contributed by atoms with Crippen LogP contribution in [-0.2, 0) is 5.11 Å². The maximum absolute atomic E-state index is 12.4. The summed E-state index contributed by atoms with van der Waals surface area (Å²) in [7, 11) is 0. The highest BCUT2D eigenvalue weighted by atomic mass is 19.4. The SMILES string of the molecule is [O]C(c1ccc(F)c(F)c1)C(F)(F)F. The lowest BCUT2D eigenvalue weighted by Gasteiger charge is -2.12. The first-order valence-electron chi connectivity index (χ1n) is 3.50. The van der Waals surface area contributed by atoms with Crippen LogP contribution in [0.4, 0.5) is 22.0 Å². The number of rotatable bonds is 1. The summed E-state index contributed by atoms with van der Waals surface area (Å²) in [5.41, 5.74) is -0.837. The van der Waals surface area contributed by atoms with Crippen LogP contribution in [-0.4, -0.2) is 6.18 Å². The highest BCUT2D eigenvalue weighted by Crippen LogP contribution is 2.33. The standard InChI is InChI=1S/C8H4F5O/c9-5-2-1-4(3-6(5)10)7(14)8(11,12)13/h1-3,7H. The summed E-state index contributed by atoms with van der Waals surface area (Å²) < 4.78 is 60.3. The predicted molar refractivity (Wildman–Crippen MR) is 35.8 cm³/mol. The Morgan fingerprint density at radius 2 is 1.64 bits per heavy atom. The average molecular weight is 211 g/mol. The van der Waals surface area contributed by atoms with Crippen molar-refractivity contribution in [2.24, 2.45) is 0 Å². The van der Waals surface area contributed by atoms with Crippen molar-refractivity contribution in [1.82, 2.24) is 0 Å². The molecule has 0 bridgehead atoms. The van der Waals surface area contributed by atoms with E-state index in [1.54, 1.807) is 0 Å². The van der Waals surface area contributed by atoms with Gasteiger partial charge in [0.1, 0.15) is 0 Å². The zero-order chi connectivity index (χ0) is 10.9. The molecule has 1 unspecified atom stereocenters. The topological polar surface area (TPSA) is 19.9 Å². The number of hydrogen-bond donors (Lipinski definition) is 0. The maximum atomic E-state index is 12.4. The summed E-state index contributed by atoms with van der Waals surface area (Å²) >= 11 is 0. The molecule has 0 aliphatic carbocycles. The summed E-state index contributed by atoms with van der Waals surface area (Å²) in [6, 6.07) is 1.35. The third-order valence-corrected chi connectivity index (χ3v) is 1.54. The van der Waals surface area contributed by atoms with E-state index in [1.807, 2.05) is 0 Å². The third-order valence-electron chi connectivity index (χ3n) is 1.54. The first-order chi connectivity index (χ1) is 6.32. The largest absolute Gasteiger partial charge is 0.422 e. The van der Waals surface area contributed by atoms with E-state index >= 15 is 0 Å². The Kier molecular flexibility index (Phi) is 2.75. The molecule has 1 rings (SSSR count). The molecule has 0 aromatic heterocycles. The van der Waals surface area contributed by atoms with Gasteiger partial charge >= 0.3 is 6.18 Å². The second kappa shape index (κ2) is 3.53. The first-order valence-corrected chi connectivity index (χ1v) is 3.50. The molecule has 6 heteroatoms. The van der Waals surface area contributed by atoms with Gasteiger partial charge in [0.05, 0.1) is 0 Å². The highest BCUT2D eigenvalue weighted by Gasteiger charge is 2.41. The Morgan fingerprint density at radius 3 is 2.07 bits per heavy atom. The number of alkyl halides is 3. The highest BCUT2D eigenvalue weighted by molar-refractivity contribution is 5.20. The number of hydrogen-bond acceptors (Lipinski definition) is 0. The van der Waals surface area contributed by atoms with Gasteiger partial charge in [-0.25, -0.2) is 13.9 Å². The van der Waals surface area contributed by atoms with Crippen molar-refractivity contribution in [1.29, 1.82) is 0 Å². The van der Waals surface area contributed by atoms with Crippen molar-refractivity contribution in [2.45, 2.75) is 12.3 Å². The Bertz CT molecular complexity index is 333. The minimum absolute atomic E-state index is 0.250. The second-order valence-electron chi connectivity index (χ2n) is 2.60. The molecule has 1 nitrogen and oxygen atoms in total. The molecule has 0 heterocycles. The molecule has 77 valence electrons. The molecule has 0 aliphatic heterocycles. The molecule has 1 aromatic rings. The van der Waals surface area contributed by atoms with Crippen LogP contribution in [0.3, 0.4) is 0 Å². The van der Waals surface area contributed by atoms with E-state index in [0.29, 0.717) is 12.1 Å². The van der Waals surface area contributed by atoms with Crippen LogP contribution in [0, 0.1) is 11.6 Å². The fraction of sp³-hybridized carbons (Fsp3) is 0.250. The lowest BCUT2D eigenvalue weighted by atomic mass is 10.1. The first kappa shape index (κ1) is 10.9. The molecule has 0 amide bonds. The van der Waals surface area contributed by atoms with Crippen molar-refractivity contribution in [3.05, 3.63) is 35.4 Å². The number of halogens is 5. The summed E-state index contributed by atoms with van der Waals surface area (Å²) in [6.45, 7) is 0. The van der Waals surface area contributed by atoms with E-state index < -0.39 is 29.5 Å². The Morgan fingerprint density at radius 1 is 1.07 bits per heavy atom. The van der Waals surface area contributed by atoms with Crippen LogP contribution >= 0.6 is 0 Å². The minimum Gasteiger partial charge on any atom is -0.218 e. The van der Waals surface area contributed by atoms with E-state index in [-0.39, 0.29) is 6.07 Å². The van der Waals surface area contributed by atoms with E-state index in [1.165, 1.54) is 0 Å². The van der Waals surface area contributed by atoms with Crippen LogP contribution in [0.5, 0.6) is 0 Å². The normalized spacial score (nSPS) is 14.1. The summed E-state index contributed by atoms with van der Waals surface area (Å²) in [4.78, 5) is 0. The summed E-state index contributed by atoms with van der Waals surface area (Å²) in [6.07, 6.45) is -8.04. The van der Waals surface area contributed by atoms with E-state index in [9.17, 15) is 27.1 Å². The average Bonchev–Trinajstić information content (AvgIpc) is 2.07. The van der Waals surface area contributed by atoms with Crippen molar-refractivity contribution in [3.63, 3.8) is 0 Å². The fourth-order valence-electron chi connectivity index (χ4n) is 0.864. The molecule has 1 aromatic carbocycles. The van der Waals surface area contributed by atoms with Crippen molar-refractivity contribution >= 4 is 0 Å². The van der Waals surface area contributed by atoms with Crippen LogP contribution in [0.2, 0.25) is 0 Å². The van der Waals surface area contributed by atoms with Gasteiger partial charge in [-0.3, -0.25) is 0 Å². The maximum Gasteiger partial charge on any atom is 0.422 e. The van der Waals surface area contributed by atoms with Gasteiger partial charge in [0, 0.05) is 0 Å². The second-order valence-corrected chi connectivity index (χ2v) is 2.60. The van der Waals surface area contributed by atoms with Gasteiger partial charge in [0.25, 0.3) is 0 Å². The molecular formula is C8H4F5O. The summed E-state index contributed by atoms with van der Waals surface area (Å²) in [5, 5.41) is 10.6. The van der Waals surface area contributed by atoms with Crippen LogP contribution < -0.4 is 0 Å². The van der Waals surface area contributed by atoms with Crippen LogP contribution in [0.15, 0.2) is 18.2 Å². The quantitative estimate of drug-likeness (QED) is 0.636. The number of benzene rings is 1. The van der Waals surface area contributed by atoms with Gasteiger partial charge in [0.2, 0.25) is 6.10 Å². The molecule has 0 saturated heterocycles. The van der Waals surface area contributed by atoms with Crippen molar-refractivity contribution < 1.29 is 27.1 Å². The molecule has 1 atom stereocenters.